The van der Waals surface area contributed by atoms with Gasteiger partial charge in [-0.1, -0.05) is 36.4 Å². The molecule has 25 heteroatoms. The third-order valence-electron chi connectivity index (χ3n) is 16.9. The first-order valence-corrected chi connectivity index (χ1v) is 25.1. The van der Waals surface area contributed by atoms with Crippen LogP contribution in [0.2, 0.25) is 0 Å². The molecule has 16 atom stereocenters. The Bertz CT molecular complexity index is 2620. The Hall–Kier alpha value is -7.06. The second-order valence-corrected chi connectivity index (χ2v) is 20.6. The van der Waals surface area contributed by atoms with Gasteiger partial charge in [0, 0.05) is 65.0 Å². The normalized spacial score (nSPS) is 35.8. The lowest BCUT2D eigenvalue weighted by molar-refractivity contribution is -0.285. The SMILES string of the molecule is COC(=O)[C@@H]1[C@@H]2O[C@@]3(OC(C)=O)[C@@H]([C@H]2OC(C)=O)[C@@H]1C(=O)N1c2ccccc2[C@@H](N2CCCC2=O)C[C@H]13.COC(=O)[C@@H]1[C@@H]2O[C@@]3(OC(C)=O)[C@@H]([C@H]2OC(C)=O)[C@@H]1C(=O)N1c2ccccc2[C@@H](N2CCCC2=O)C[C@H]13.O.O.O. The minimum absolute atomic E-state index is 0. The summed E-state index contributed by atoms with van der Waals surface area (Å²) < 4.78 is 46.0. The van der Waals surface area contributed by atoms with Gasteiger partial charge in [-0.25, -0.2) is 0 Å². The van der Waals surface area contributed by atoms with Gasteiger partial charge in [-0.3, -0.25) is 47.9 Å². The van der Waals surface area contributed by atoms with Crippen molar-refractivity contribution in [2.24, 2.45) is 35.5 Å². The van der Waals surface area contributed by atoms with Gasteiger partial charge in [0.1, 0.15) is 36.5 Å². The maximum atomic E-state index is 14.3. The van der Waals surface area contributed by atoms with E-state index in [-0.39, 0.29) is 65.0 Å². The summed E-state index contributed by atoms with van der Waals surface area (Å²) in [6.07, 6.45) is -1.15. The van der Waals surface area contributed by atoms with Gasteiger partial charge < -0.3 is 73.9 Å². The van der Waals surface area contributed by atoms with Gasteiger partial charge in [-0.15, -0.1) is 0 Å². The van der Waals surface area contributed by atoms with Crippen LogP contribution in [0.3, 0.4) is 0 Å². The van der Waals surface area contributed by atoms with Gasteiger partial charge in [-0.2, -0.15) is 0 Å². The third-order valence-corrected chi connectivity index (χ3v) is 16.9. The van der Waals surface area contributed by atoms with Crippen molar-refractivity contribution in [3.05, 3.63) is 59.7 Å². The number of carbonyl (C=O) groups excluding carboxylic acids is 10. The highest BCUT2D eigenvalue weighted by Crippen LogP contribution is 2.65. The molecule has 25 nitrogen and oxygen atoms in total. The summed E-state index contributed by atoms with van der Waals surface area (Å²) in [4.78, 5) is 136. The summed E-state index contributed by atoms with van der Waals surface area (Å²) in [5, 5.41) is 0. The van der Waals surface area contributed by atoms with Gasteiger partial charge >= 0.3 is 35.8 Å². The second kappa shape index (κ2) is 20.4. The van der Waals surface area contributed by atoms with Crippen molar-refractivity contribution >= 4 is 70.8 Å². The van der Waals surface area contributed by atoms with Gasteiger partial charge in [0.05, 0.1) is 61.8 Å². The third kappa shape index (κ3) is 8.13. The summed E-state index contributed by atoms with van der Waals surface area (Å²) in [7, 11) is 2.44. The van der Waals surface area contributed by atoms with E-state index in [9.17, 15) is 47.9 Å². The van der Waals surface area contributed by atoms with Crippen molar-refractivity contribution in [2.75, 3.05) is 37.1 Å². The molecule has 0 radical (unpaired) electrons. The number of methoxy groups -OCH3 is 2. The first-order chi connectivity index (χ1) is 35.4. The van der Waals surface area contributed by atoms with E-state index in [2.05, 4.69) is 0 Å². The van der Waals surface area contributed by atoms with E-state index >= 15 is 0 Å². The van der Waals surface area contributed by atoms with Crippen LogP contribution in [0.25, 0.3) is 0 Å². The number of benzene rings is 2. The predicted molar refractivity (Wildman–Crippen MR) is 258 cm³/mol. The van der Waals surface area contributed by atoms with E-state index in [0.29, 0.717) is 37.3 Å². The van der Waals surface area contributed by atoms with Crippen LogP contribution in [0.15, 0.2) is 48.5 Å². The smallest absolute Gasteiger partial charge is 0.312 e. The van der Waals surface area contributed by atoms with Crippen molar-refractivity contribution in [1.82, 2.24) is 9.80 Å². The number of fused-ring (bicyclic) bond motifs is 10. The molecular weight excluding hydrogens is 1020 g/mol. The highest BCUT2D eigenvalue weighted by atomic mass is 16.8. The Labute approximate surface area is 440 Å². The second-order valence-electron chi connectivity index (χ2n) is 20.6. The molecule has 2 aromatic carbocycles. The highest BCUT2D eigenvalue weighted by Gasteiger charge is 2.82. The fraction of sp³-hybridized carbons (Fsp3) is 0.577. The minimum atomic E-state index is -1.67. The predicted octanol–water partition coefficient (Wildman–Crippen LogP) is -0.286. The summed E-state index contributed by atoms with van der Waals surface area (Å²) >= 11 is 0. The molecular formula is C52H62N4O21. The molecule has 416 valence electrons. The standard InChI is InChI=1S/2C26H28N2O9.3H2O/c2*1-12(29)35-23-21-19-20(25(33)34-3)22(23)37-26(21,36-13(2)30)17-11-16(27-10-6-9-18(27)31)14-7-4-5-8-15(14)28(17)24(19)32;;;/h2*4-5,7-8,16-17,19-23H,6,9-11H2,1-3H3;3*1H2/t2*16-,17-,19+,20-,21+,22-,23+,26+;;;/m00.../s1. The van der Waals surface area contributed by atoms with Crippen LogP contribution in [-0.4, -0.2) is 161 Å². The number of para-hydroxylation sites is 2. The van der Waals surface area contributed by atoms with Crippen LogP contribution in [0.1, 0.15) is 89.4 Å². The molecule has 8 fully saturated rings. The molecule has 10 aliphatic rings. The Morgan fingerprint density at radius 3 is 1.22 bits per heavy atom. The number of likely N-dealkylation sites (tertiary alicyclic amines) is 2. The highest BCUT2D eigenvalue weighted by molar-refractivity contribution is 6.03. The first-order valence-electron chi connectivity index (χ1n) is 25.1. The first kappa shape index (κ1) is 56.2. The summed E-state index contributed by atoms with van der Waals surface area (Å²) in [5.74, 6) is -13.7. The van der Waals surface area contributed by atoms with Gasteiger partial charge in [0.2, 0.25) is 35.2 Å². The molecule has 8 aliphatic heterocycles. The largest absolute Gasteiger partial charge is 0.469 e. The number of anilines is 2. The molecule has 6 N–H and O–H groups in total. The number of hydrogen-bond acceptors (Lipinski definition) is 18. The van der Waals surface area contributed by atoms with E-state index < -0.39 is 119 Å². The van der Waals surface area contributed by atoms with Crippen molar-refractivity contribution in [1.29, 1.82) is 0 Å². The number of esters is 6. The summed E-state index contributed by atoms with van der Waals surface area (Å²) in [5.41, 5.74) is 2.76. The van der Waals surface area contributed by atoms with Gasteiger partial charge in [0.15, 0.2) is 0 Å². The molecule has 0 unspecified atom stereocenters. The van der Waals surface area contributed by atoms with Gasteiger partial charge in [-0.05, 0) is 48.9 Å². The molecule has 6 saturated heterocycles. The van der Waals surface area contributed by atoms with Crippen LogP contribution in [0.4, 0.5) is 11.4 Å². The van der Waals surface area contributed by atoms with E-state index in [0.717, 1.165) is 24.0 Å². The fourth-order valence-electron chi connectivity index (χ4n) is 14.7. The Morgan fingerprint density at radius 1 is 0.545 bits per heavy atom. The quantitative estimate of drug-likeness (QED) is 0.242. The Balaban J connectivity index is 0.000000196. The van der Waals surface area contributed by atoms with Crippen LogP contribution in [0.5, 0.6) is 0 Å². The number of amides is 4. The van der Waals surface area contributed by atoms with E-state index in [1.54, 1.807) is 34.1 Å². The lowest BCUT2D eigenvalue weighted by atomic mass is 9.70. The molecule has 2 aromatic rings. The number of rotatable bonds is 8. The maximum absolute atomic E-state index is 14.3. The number of hydrogen-bond donors (Lipinski definition) is 0. The Kier molecular flexibility index (Phi) is 14.9. The van der Waals surface area contributed by atoms with Crippen molar-refractivity contribution < 1.29 is 102 Å². The molecule has 0 aromatic heterocycles. The monoisotopic (exact) mass is 1080 g/mol. The zero-order chi connectivity index (χ0) is 52.4. The zero-order valence-corrected chi connectivity index (χ0v) is 43.0. The van der Waals surface area contributed by atoms with Crippen LogP contribution in [0, 0.1) is 35.5 Å². The average molecular weight is 1080 g/mol. The molecule has 8 heterocycles. The number of nitrogens with zero attached hydrogens (tertiary/aromatic N) is 4. The number of ether oxygens (including phenoxy) is 8. The topological polar surface area (TPSA) is 352 Å². The van der Waals surface area contributed by atoms with E-state index in [4.69, 9.17) is 37.9 Å². The van der Waals surface area contributed by atoms with Crippen molar-refractivity contribution in [3.8, 4) is 0 Å². The molecule has 77 heavy (non-hydrogen) atoms. The van der Waals surface area contributed by atoms with Gasteiger partial charge in [0.25, 0.3) is 0 Å². The van der Waals surface area contributed by atoms with E-state index in [1.807, 2.05) is 34.1 Å². The Morgan fingerprint density at radius 2 is 0.909 bits per heavy atom. The maximum Gasteiger partial charge on any atom is 0.312 e. The van der Waals surface area contributed by atoms with Crippen molar-refractivity contribution in [2.45, 2.75) is 126 Å². The lowest BCUT2D eigenvalue weighted by Crippen LogP contribution is -2.72. The zero-order valence-electron chi connectivity index (χ0n) is 43.0. The number of carbonyl (C=O) groups is 10. The molecule has 4 bridgehead atoms. The molecule has 12 rings (SSSR count). The van der Waals surface area contributed by atoms with Crippen molar-refractivity contribution in [3.63, 3.8) is 0 Å². The molecule has 4 amide bonds. The summed E-state index contributed by atoms with van der Waals surface area (Å²) in [6, 6.07) is 12.3. The lowest BCUT2D eigenvalue weighted by Gasteiger charge is -2.57. The van der Waals surface area contributed by atoms with E-state index in [1.165, 1.54) is 41.9 Å². The number of piperidine rings is 2. The molecule has 2 aliphatic carbocycles. The van der Waals surface area contributed by atoms with Crippen LogP contribution in [-0.2, 0) is 85.8 Å². The fourth-order valence-corrected chi connectivity index (χ4v) is 14.7. The van der Waals surface area contributed by atoms with Crippen LogP contribution >= 0.6 is 0 Å². The van der Waals surface area contributed by atoms with Crippen LogP contribution < -0.4 is 9.80 Å². The molecule has 0 spiro atoms. The summed E-state index contributed by atoms with van der Waals surface area (Å²) in [6.45, 7) is 6.12. The minimum Gasteiger partial charge on any atom is -0.469 e. The average Bonchev–Trinajstić information content (AvgIpc) is 4.41. The molecule has 2 saturated carbocycles.